The van der Waals surface area contributed by atoms with Crippen LogP contribution in [0.4, 0.5) is 10.5 Å². The molecule has 1 fully saturated rings. The third kappa shape index (κ3) is 4.27. The summed E-state index contributed by atoms with van der Waals surface area (Å²) in [6.45, 7) is 10.9. The second-order valence-electron chi connectivity index (χ2n) is 6.94. The molecular formula is C17H27BN2O3. The van der Waals surface area contributed by atoms with Crippen molar-refractivity contribution in [3.05, 3.63) is 24.3 Å². The van der Waals surface area contributed by atoms with Crippen molar-refractivity contribution in [2.24, 2.45) is 0 Å². The number of benzene rings is 1. The van der Waals surface area contributed by atoms with Gasteiger partial charge in [-0.2, -0.15) is 0 Å². The minimum atomic E-state index is -0.382. The predicted molar refractivity (Wildman–Crippen MR) is 94.1 cm³/mol. The van der Waals surface area contributed by atoms with E-state index in [0.717, 1.165) is 24.0 Å². The summed E-state index contributed by atoms with van der Waals surface area (Å²) in [6, 6.07) is 7.38. The molecule has 2 N–H and O–H groups in total. The van der Waals surface area contributed by atoms with Gasteiger partial charge in [-0.05, 0) is 51.7 Å². The van der Waals surface area contributed by atoms with Gasteiger partial charge >= 0.3 is 13.1 Å². The van der Waals surface area contributed by atoms with Crippen LogP contribution in [0.25, 0.3) is 0 Å². The zero-order valence-electron chi connectivity index (χ0n) is 14.7. The van der Waals surface area contributed by atoms with E-state index in [4.69, 9.17) is 9.31 Å². The van der Waals surface area contributed by atoms with Crippen LogP contribution in [0.1, 0.15) is 47.5 Å². The monoisotopic (exact) mass is 318 g/mol. The molecule has 0 aromatic heterocycles. The zero-order valence-corrected chi connectivity index (χ0v) is 14.7. The van der Waals surface area contributed by atoms with E-state index in [0.29, 0.717) is 6.54 Å². The number of unbranched alkanes of at least 4 members (excludes halogenated alkanes) is 1. The Morgan fingerprint density at radius 2 is 1.65 bits per heavy atom. The number of hydrogen-bond acceptors (Lipinski definition) is 3. The van der Waals surface area contributed by atoms with E-state index in [-0.39, 0.29) is 24.4 Å². The zero-order chi connectivity index (χ0) is 17.1. The van der Waals surface area contributed by atoms with Gasteiger partial charge in [-0.25, -0.2) is 4.79 Å². The average molecular weight is 318 g/mol. The molecule has 5 nitrogen and oxygen atoms in total. The first-order valence-electron chi connectivity index (χ1n) is 8.25. The minimum Gasteiger partial charge on any atom is -0.399 e. The Bertz CT molecular complexity index is 527. The van der Waals surface area contributed by atoms with Crippen LogP contribution < -0.4 is 16.1 Å². The van der Waals surface area contributed by atoms with Crippen molar-refractivity contribution in [2.45, 2.75) is 58.7 Å². The van der Waals surface area contributed by atoms with Gasteiger partial charge in [0.1, 0.15) is 0 Å². The number of urea groups is 1. The van der Waals surface area contributed by atoms with Gasteiger partial charge in [0.05, 0.1) is 11.2 Å². The maximum atomic E-state index is 11.7. The summed E-state index contributed by atoms with van der Waals surface area (Å²) in [5.41, 5.74) is 0.987. The Labute approximate surface area is 139 Å². The van der Waals surface area contributed by atoms with Crippen LogP contribution >= 0.6 is 0 Å². The quantitative estimate of drug-likeness (QED) is 0.648. The first kappa shape index (κ1) is 17.8. The van der Waals surface area contributed by atoms with Crippen molar-refractivity contribution in [1.29, 1.82) is 0 Å². The van der Waals surface area contributed by atoms with Crippen molar-refractivity contribution >= 4 is 24.3 Å². The molecule has 0 bridgehead atoms. The minimum absolute atomic E-state index is 0.179. The van der Waals surface area contributed by atoms with Crippen molar-refractivity contribution in [1.82, 2.24) is 5.32 Å². The SMILES string of the molecule is CCCCNC(=O)Nc1ccc(B2OC(C)(C)C(C)(C)O2)cc1. The highest BCUT2D eigenvalue weighted by molar-refractivity contribution is 6.62. The fraction of sp³-hybridized carbons (Fsp3) is 0.588. The Balaban J connectivity index is 1.94. The predicted octanol–water partition coefficient (Wildman–Crippen LogP) is 2.91. The lowest BCUT2D eigenvalue weighted by Crippen LogP contribution is -2.41. The van der Waals surface area contributed by atoms with E-state index in [1.165, 1.54) is 0 Å². The molecule has 2 amide bonds. The van der Waals surface area contributed by atoms with Crippen LogP contribution in [0.15, 0.2) is 24.3 Å². The average Bonchev–Trinajstić information content (AvgIpc) is 2.68. The molecule has 1 saturated heterocycles. The number of anilines is 1. The van der Waals surface area contributed by atoms with Crippen molar-refractivity contribution < 1.29 is 14.1 Å². The van der Waals surface area contributed by atoms with Crippen LogP contribution in [0.3, 0.4) is 0 Å². The topological polar surface area (TPSA) is 59.6 Å². The summed E-state index contributed by atoms with van der Waals surface area (Å²) >= 11 is 0. The van der Waals surface area contributed by atoms with Gasteiger partial charge in [0.2, 0.25) is 0 Å². The highest BCUT2D eigenvalue weighted by Gasteiger charge is 2.51. The second kappa shape index (κ2) is 6.93. The lowest BCUT2D eigenvalue weighted by atomic mass is 9.79. The standard InChI is InChI=1S/C17H27BN2O3/c1-6-7-12-19-15(21)20-14-10-8-13(9-11-14)18-22-16(2,3)17(4,5)23-18/h8-11H,6-7,12H2,1-5H3,(H2,19,20,21). The number of amides is 2. The van der Waals surface area contributed by atoms with Crippen molar-refractivity contribution in [3.8, 4) is 0 Å². The highest BCUT2D eigenvalue weighted by atomic mass is 16.7. The van der Waals surface area contributed by atoms with Gasteiger partial charge in [-0.3, -0.25) is 0 Å². The molecule has 6 heteroatoms. The van der Waals surface area contributed by atoms with Crippen molar-refractivity contribution in [2.75, 3.05) is 11.9 Å². The fourth-order valence-electron chi connectivity index (χ4n) is 2.26. The number of hydrogen-bond donors (Lipinski definition) is 2. The second-order valence-corrected chi connectivity index (χ2v) is 6.94. The molecule has 23 heavy (non-hydrogen) atoms. The number of nitrogens with one attached hydrogen (secondary N) is 2. The van der Waals surface area contributed by atoms with Crippen molar-refractivity contribution in [3.63, 3.8) is 0 Å². The highest BCUT2D eigenvalue weighted by Crippen LogP contribution is 2.36. The number of rotatable bonds is 5. The maximum absolute atomic E-state index is 11.7. The maximum Gasteiger partial charge on any atom is 0.494 e. The Hall–Kier alpha value is -1.53. The summed E-state index contributed by atoms with van der Waals surface area (Å²) < 4.78 is 12.0. The molecule has 126 valence electrons. The molecule has 2 rings (SSSR count). The normalized spacial score (nSPS) is 18.7. The van der Waals surface area contributed by atoms with E-state index < -0.39 is 0 Å². The molecule has 0 spiro atoms. The summed E-state index contributed by atoms with van der Waals surface area (Å²) in [6.07, 6.45) is 2.04. The Morgan fingerprint density at radius 1 is 1.09 bits per heavy atom. The largest absolute Gasteiger partial charge is 0.494 e. The summed E-state index contributed by atoms with van der Waals surface area (Å²) in [5, 5.41) is 5.64. The lowest BCUT2D eigenvalue weighted by molar-refractivity contribution is 0.00578. The number of carbonyl (C=O) groups excluding carboxylic acids is 1. The molecule has 0 aliphatic carbocycles. The molecule has 1 heterocycles. The van der Waals surface area contributed by atoms with Crippen LogP contribution in [0.2, 0.25) is 0 Å². The molecule has 1 aromatic carbocycles. The van der Waals surface area contributed by atoms with E-state index in [9.17, 15) is 4.79 Å². The van der Waals surface area contributed by atoms with Gasteiger partial charge in [-0.1, -0.05) is 25.5 Å². The summed E-state index contributed by atoms with van der Waals surface area (Å²) in [5.74, 6) is 0. The Morgan fingerprint density at radius 3 is 2.17 bits per heavy atom. The molecule has 1 aliphatic heterocycles. The van der Waals surface area contributed by atoms with Gasteiger partial charge in [0.15, 0.2) is 0 Å². The third-order valence-corrected chi connectivity index (χ3v) is 4.51. The van der Waals surface area contributed by atoms with E-state index >= 15 is 0 Å². The Kier molecular flexibility index (Phi) is 5.37. The van der Waals surface area contributed by atoms with Gasteiger partial charge in [0, 0.05) is 12.2 Å². The number of carbonyl (C=O) groups is 1. The fourth-order valence-corrected chi connectivity index (χ4v) is 2.26. The van der Waals surface area contributed by atoms with Gasteiger partial charge in [-0.15, -0.1) is 0 Å². The summed E-state index contributed by atoms with van der Waals surface area (Å²) in [4.78, 5) is 11.7. The van der Waals surface area contributed by atoms with E-state index in [2.05, 4.69) is 17.6 Å². The van der Waals surface area contributed by atoms with Crippen LogP contribution in [0, 0.1) is 0 Å². The molecule has 1 aliphatic rings. The molecule has 0 saturated carbocycles. The molecule has 1 aromatic rings. The van der Waals surface area contributed by atoms with E-state index in [1.807, 2.05) is 52.0 Å². The molecule has 0 unspecified atom stereocenters. The molecule has 0 radical (unpaired) electrons. The molecule has 0 atom stereocenters. The smallest absolute Gasteiger partial charge is 0.399 e. The molecular weight excluding hydrogens is 291 g/mol. The first-order chi connectivity index (χ1) is 10.7. The van der Waals surface area contributed by atoms with Crippen LogP contribution in [-0.4, -0.2) is 30.9 Å². The van der Waals surface area contributed by atoms with Crippen LogP contribution in [0.5, 0.6) is 0 Å². The van der Waals surface area contributed by atoms with Gasteiger partial charge in [0.25, 0.3) is 0 Å². The first-order valence-corrected chi connectivity index (χ1v) is 8.25. The summed E-state index contributed by atoms with van der Waals surface area (Å²) in [7, 11) is -0.382. The lowest BCUT2D eigenvalue weighted by Gasteiger charge is -2.32. The van der Waals surface area contributed by atoms with Gasteiger partial charge < -0.3 is 19.9 Å². The van der Waals surface area contributed by atoms with Crippen LogP contribution in [-0.2, 0) is 9.31 Å². The van der Waals surface area contributed by atoms with E-state index in [1.54, 1.807) is 0 Å². The third-order valence-electron chi connectivity index (χ3n) is 4.51.